The van der Waals surface area contributed by atoms with Gasteiger partial charge in [-0.2, -0.15) is 5.26 Å². The van der Waals surface area contributed by atoms with Crippen molar-refractivity contribution in [1.82, 2.24) is 5.32 Å². The summed E-state index contributed by atoms with van der Waals surface area (Å²) in [5.74, 6) is -0.628. The summed E-state index contributed by atoms with van der Waals surface area (Å²) in [6.07, 6.45) is 0. The molecule has 1 N–H and O–H groups in total. The molecule has 1 heterocycles. The van der Waals surface area contributed by atoms with E-state index in [9.17, 15) is 9.59 Å². The summed E-state index contributed by atoms with van der Waals surface area (Å²) in [4.78, 5) is 25.2. The SMILES string of the molecule is Cc1cc(N2CC(=O)NC(=O)C2(C)C)ccc1C#N. The predicted octanol–water partition coefficient (Wildman–Crippen LogP) is 1.11. The Hall–Kier alpha value is -2.35. The Morgan fingerprint density at radius 1 is 1.37 bits per heavy atom. The molecule has 0 aromatic heterocycles. The van der Waals surface area contributed by atoms with Crippen LogP contribution in [-0.4, -0.2) is 23.9 Å². The minimum atomic E-state index is -0.797. The first kappa shape index (κ1) is 13.1. The maximum Gasteiger partial charge on any atom is 0.251 e. The van der Waals surface area contributed by atoms with Crippen molar-refractivity contribution >= 4 is 17.5 Å². The Labute approximate surface area is 111 Å². The van der Waals surface area contributed by atoms with Gasteiger partial charge in [-0.3, -0.25) is 14.9 Å². The van der Waals surface area contributed by atoms with Gasteiger partial charge in [-0.05, 0) is 44.5 Å². The van der Waals surface area contributed by atoms with Crippen molar-refractivity contribution < 1.29 is 9.59 Å². The molecule has 19 heavy (non-hydrogen) atoms. The molecule has 1 aromatic carbocycles. The summed E-state index contributed by atoms with van der Waals surface area (Å²) in [5, 5.41) is 11.3. The molecule has 1 aliphatic heterocycles. The molecule has 1 aliphatic rings. The third-order valence-corrected chi connectivity index (χ3v) is 3.43. The highest BCUT2D eigenvalue weighted by molar-refractivity contribution is 6.06. The molecule has 5 nitrogen and oxygen atoms in total. The average molecular weight is 257 g/mol. The van der Waals surface area contributed by atoms with Crippen LogP contribution in [0, 0.1) is 18.3 Å². The predicted molar refractivity (Wildman–Crippen MR) is 70.5 cm³/mol. The highest BCUT2D eigenvalue weighted by atomic mass is 16.2. The minimum absolute atomic E-state index is 0.129. The number of hydrogen-bond acceptors (Lipinski definition) is 4. The maximum absolute atomic E-state index is 11.9. The minimum Gasteiger partial charge on any atom is -0.348 e. The molecule has 0 aliphatic carbocycles. The van der Waals surface area contributed by atoms with E-state index in [1.807, 2.05) is 13.0 Å². The van der Waals surface area contributed by atoms with E-state index in [0.717, 1.165) is 11.3 Å². The molecule has 1 aromatic rings. The van der Waals surface area contributed by atoms with Gasteiger partial charge < -0.3 is 4.90 Å². The summed E-state index contributed by atoms with van der Waals surface area (Å²) in [5.41, 5.74) is 1.39. The van der Waals surface area contributed by atoms with Gasteiger partial charge in [-0.1, -0.05) is 0 Å². The van der Waals surface area contributed by atoms with Crippen molar-refractivity contribution in [1.29, 1.82) is 5.26 Å². The van der Waals surface area contributed by atoms with E-state index in [1.165, 1.54) is 0 Å². The topological polar surface area (TPSA) is 73.2 Å². The standard InChI is InChI=1S/C14H15N3O2/c1-9-6-11(5-4-10(9)7-15)17-8-12(18)16-13(19)14(17,2)3/h4-6H,8H2,1-3H3,(H,16,18,19). The van der Waals surface area contributed by atoms with Crippen molar-refractivity contribution in [2.75, 3.05) is 11.4 Å². The molecule has 1 fully saturated rings. The molecular formula is C14H15N3O2. The molecule has 2 rings (SSSR count). The fourth-order valence-corrected chi connectivity index (χ4v) is 2.14. The van der Waals surface area contributed by atoms with Crippen molar-refractivity contribution in [3.8, 4) is 6.07 Å². The summed E-state index contributed by atoms with van der Waals surface area (Å²) in [6.45, 7) is 5.50. The van der Waals surface area contributed by atoms with Crippen LogP contribution in [0.25, 0.3) is 0 Å². The third kappa shape index (κ3) is 2.17. The van der Waals surface area contributed by atoms with Crippen LogP contribution in [0.1, 0.15) is 25.0 Å². The second-order valence-electron chi connectivity index (χ2n) is 5.13. The Balaban J connectivity index is 2.45. The fourth-order valence-electron chi connectivity index (χ4n) is 2.14. The highest BCUT2D eigenvalue weighted by Gasteiger charge is 2.41. The maximum atomic E-state index is 11.9. The van der Waals surface area contributed by atoms with Gasteiger partial charge in [0.1, 0.15) is 5.54 Å². The van der Waals surface area contributed by atoms with Gasteiger partial charge in [0.15, 0.2) is 0 Å². The van der Waals surface area contributed by atoms with Crippen molar-refractivity contribution in [2.45, 2.75) is 26.3 Å². The number of imide groups is 1. The van der Waals surface area contributed by atoms with E-state index in [-0.39, 0.29) is 18.4 Å². The van der Waals surface area contributed by atoms with Gasteiger partial charge in [0.05, 0.1) is 18.2 Å². The first-order chi connectivity index (χ1) is 8.86. The summed E-state index contributed by atoms with van der Waals surface area (Å²) >= 11 is 0. The monoisotopic (exact) mass is 257 g/mol. The van der Waals surface area contributed by atoms with Gasteiger partial charge in [-0.25, -0.2) is 0 Å². The highest BCUT2D eigenvalue weighted by Crippen LogP contribution is 2.27. The lowest BCUT2D eigenvalue weighted by Gasteiger charge is -2.41. The van der Waals surface area contributed by atoms with E-state index in [1.54, 1.807) is 30.9 Å². The van der Waals surface area contributed by atoms with Gasteiger partial charge in [0.2, 0.25) is 5.91 Å². The average Bonchev–Trinajstić information content (AvgIpc) is 2.34. The van der Waals surface area contributed by atoms with Crippen LogP contribution in [0.3, 0.4) is 0 Å². The molecule has 0 spiro atoms. The summed E-state index contributed by atoms with van der Waals surface area (Å²) in [7, 11) is 0. The van der Waals surface area contributed by atoms with Crippen molar-refractivity contribution in [3.63, 3.8) is 0 Å². The van der Waals surface area contributed by atoms with E-state index >= 15 is 0 Å². The molecule has 1 saturated heterocycles. The number of hydrogen-bond donors (Lipinski definition) is 1. The number of carbonyl (C=O) groups excluding carboxylic acids is 2. The van der Waals surface area contributed by atoms with Crippen LogP contribution in [-0.2, 0) is 9.59 Å². The third-order valence-electron chi connectivity index (χ3n) is 3.43. The van der Waals surface area contributed by atoms with Crippen LogP contribution in [0.2, 0.25) is 0 Å². The number of aryl methyl sites for hydroxylation is 1. The number of benzene rings is 1. The zero-order chi connectivity index (χ0) is 14.2. The van der Waals surface area contributed by atoms with Crippen molar-refractivity contribution in [3.05, 3.63) is 29.3 Å². The van der Waals surface area contributed by atoms with Gasteiger partial charge in [0, 0.05) is 5.69 Å². The number of nitriles is 1. The van der Waals surface area contributed by atoms with E-state index < -0.39 is 5.54 Å². The van der Waals surface area contributed by atoms with Gasteiger partial charge >= 0.3 is 0 Å². The molecule has 0 saturated carbocycles. The molecule has 0 radical (unpaired) electrons. The normalized spacial score (nSPS) is 17.9. The van der Waals surface area contributed by atoms with E-state index in [4.69, 9.17) is 5.26 Å². The number of anilines is 1. The smallest absolute Gasteiger partial charge is 0.251 e. The lowest BCUT2D eigenvalue weighted by Crippen LogP contribution is -2.64. The Bertz CT molecular complexity index is 599. The number of piperazine rings is 1. The first-order valence-electron chi connectivity index (χ1n) is 5.99. The zero-order valence-corrected chi connectivity index (χ0v) is 11.2. The van der Waals surface area contributed by atoms with Crippen LogP contribution in [0.5, 0.6) is 0 Å². The van der Waals surface area contributed by atoms with E-state index in [0.29, 0.717) is 5.56 Å². The molecule has 0 unspecified atom stereocenters. The quantitative estimate of drug-likeness (QED) is 0.765. The largest absolute Gasteiger partial charge is 0.348 e. The number of rotatable bonds is 1. The molecule has 5 heteroatoms. The second kappa shape index (κ2) is 4.39. The van der Waals surface area contributed by atoms with Crippen LogP contribution in [0.15, 0.2) is 18.2 Å². The van der Waals surface area contributed by atoms with E-state index in [2.05, 4.69) is 11.4 Å². The zero-order valence-electron chi connectivity index (χ0n) is 11.2. The van der Waals surface area contributed by atoms with Crippen LogP contribution in [0.4, 0.5) is 5.69 Å². The number of nitrogens with one attached hydrogen (secondary N) is 1. The van der Waals surface area contributed by atoms with Crippen LogP contribution < -0.4 is 10.2 Å². The number of amides is 2. The fraction of sp³-hybridized carbons (Fsp3) is 0.357. The lowest BCUT2D eigenvalue weighted by atomic mass is 9.96. The summed E-state index contributed by atoms with van der Waals surface area (Å²) in [6, 6.07) is 7.39. The van der Waals surface area contributed by atoms with Gasteiger partial charge in [0.25, 0.3) is 5.91 Å². The molecule has 2 amide bonds. The summed E-state index contributed by atoms with van der Waals surface area (Å²) < 4.78 is 0. The number of nitrogens with zero attached hydrogens (tertiary/aromatic N) is 2. The Kier molecular flexibility index (Phi) is 3.03. The molecule has 0 atom stereocenters. The Morgan fingerprint density at radius 2 is 2.05 bits per heavy atom. The lowest BCUT2D eigenvalue weighted by molar-refractivity contribution is -0.135. The van der Waals surface area contributed by atoms with Gasteiger partial charge in [-0.15, -0.1) is 0 Å². The molecule has 98 valence electrons. The second-order valence-corrected chi connectivity index (χ2v) is 5.13. The van der Waals surface area contributed by atoms with Crippen molar-refractivity contribution in [2.24, 2.45) is 0 Å². The first-order valence-corrected chi connectivity index (χ1v) is 5.99. The van der Waals surface area contributed by atoms with Crippen LogP contribution >= 0.6 is 0 Å². The Morgan fingerprint density at radius 3 is 2.63 bits per heavy atom. The number of carbonyl (C=O) groups is 2. The molecule has 0 bridgehead atoms. The molecular weight excluding hydrogens is 242 g/mol.